The molecule has 2 fully saturated rings. The standard InChI is InChI=1S/C23H25N5O4/c29-22-21(18-13-17(28(31)32)4-6-19(18)25-22)20-5-3-15(14-24-20)23(30)27-11-7-16(8-12-27)26-9-1-2-10-26/h3-6,13-14,16,25,29H,1-2,7-12H2. The molecule has 0 unspecified atom stereocenters. The minimum atomic E-state index is -0.477. The summed E-state index contributed by atoms with van der Waals surface area (Å²) in [6, 6.07) is 8.30. The lowest BCUT2D eigenvalue weighted by atomic mass is 10.0. The zero-order chi connectivity index (χ0) is 22.2. The molecule has 1 amide bonds. The average molecular weight is 435 g/mol. The van der Waals surface area contributed by atoms with Gasteiger partial charge >= 0.3 is 0 Å². The number of nitro groups is 1. The maximum atomic E-state index is 13.0. The number of rotatable bonds is 4. The van der Waals surface area contributed by atoms with Crippen LogP contribution >= 0.6 is 0 Å². The highest BCUT2D eigenvalue weighted by atomic mass is 16.6. The molecule has 0 bridgehead atoms. The summed E-state index contributed by atoms with van der Waals surface area (Å²) in [4.78, 5) is 35.3. The number of non-ortho nitro benzene ring substituents is 1. The van der Waals surface area contributed by atoms with Crippen molar-refractivity contribution in [1.29, 1.82) is 0 Å². The summed E-state index contributed by atoms with van der Waals surface area (Å²) in [5.41, 5.74) is 1.83. The molecule has 0 atom stereocenters. The molecule has 3 aromatic rings. The summed E-state index contributed by atoms with van der Waals surface area (Å²) in [5, 5.41) is 22.0. The number of aromatic nitrogens is 2. The van der Waals surface area contributed by atoms with E-state index >= 15 is 0 Å². The number of carbonyl (C=O) groups excluding carboxylic acids is 1. The fourth-order valence-corrected chi connectivity index (χ4v) is 4.93. The Hall–Kier alpha value is -3.46. The number of benzene rings is 1. The summed E-state index contributed by atoms with van der Waals surface area (Å²) in [6.07, 6.45) is 6.06. The molecule has 5 rings (SSSR count). The maximum Gasteiger partial charge on any atom is 0.270 e. The third-order valence-corrected chi connectivity index (χ3v) is 6.65. The Balaban J connectivity index is 1.33. The number of piperidine rings is 1. The van der Waals surface area contributed by atoms with Gasteiger partial charge in [0.25, 0.3) is 11.6 Å². The van der Waals surface area contributed by atoms with Crippen LogP contribution in [0.5, 0.6) is 5.88 Å². The lowest BCUT2D eigenvalue weighted by Gasteiger charge is -2.36. The van der Waals surface area contributed by atoms with E-state index in [1.807, 2.05) is 4.90 Å². The molecule has 2 aromatic heterocycles. The van der Waals surface area contributed by atoms with E-state index in [2.05, 4.69) is 14.9 Å². The number of aromatic hydroxyl groups is 1. The van der Waals surface area contributed by atoms with Gasteiger partial charge in [0.2, 0.25) is 0 Å². The van der Waals surface area contributed by atoms with E-state index < -0.39 is 4.92 Å². The maximum absolute atomic E-state index is 13.0. The van der Waals surface area contributed by atoms with Gasteiger partial charge in [-0.05, 0) is 57.0 Å². The third kappa shape index (κ3) is 3.69. The van der Waals surface area contributed by atoms with Gasteiger partial charge in [-0.2, -0.15) is 0 Å². The quantitative estimate of drug-likeness (QED) is 0.478. The predicted octanol–water partition coefficient (Wildman–Crippen LogP) is 3.54. The first-order chi connectivity index (χ1) is 15.5. The number of pyridine rings is 1. The van der Waals surface area contributed by atoms with Gasteiger partial charge in [0.15, 0.2) is 5.88 Å². The molecule has 9 heteroatoms. The monoisotopic (exact) mass is 435 g/mol. The number of hydrogen-bond donors (Lipinski definition) is 2. The molecule has 2 aliphatic heterocycles. The zero-order valence-electron chi connectivity index (χ0n) is 17.7. The molecule has 2 saturated heterocycles. The fourth-order valence-electron chi connectivity index (χ4n) is 4.93. The topological polar surface area (TPSA) is 116 Å². The number of amides is 1. The number of nitro benzene ring substituents is 1. The normalized spacial score (nSPS) is 17.8. The molecule has 1 aromatic carbocycles. The lowest BCUT2D eigenvalue weighted by molar-refractivity contribution is -0.384. The van der Waals surface area contributed by atoms with Crippen molar-refractivity contribution in [3.05, 3.63) is 52.2 Å². The average Bonchev–Trinajstić information content (AvgIpc) is 3.46. The summed E-state index contributed by atoms with van der Waals surface area (Å²) in [7, 11) is 0. The van der Waals surface area contributed by atoms with Crippen molar-refractivity contribution >= 4 is 22.5 Å². The molecule has 4 heterocycles. The highest BCUT2D eigenvalue weighted by Gasteiger charge is 2.29. The number of fused-ring (bicyclic) bond motifs is 1. The van der Waals surface area contributed by atoms with Crippen LogP contribution in [0.3, 0.4) is 0 Å². The van der Waals surface area contributed by atoms with Crippen molar-refractivity contribution in [2.45, 2.75) is 31.7 Å². The largest absolute Gasteiger partial charge is 0.494 e. The molecule has 2 aliphatic rings. The van der Waals surface area contributed by atoms with Gasteiger partial charge in [-0.25, -0.2) is 0 Å². The Bertz CT molecular complexity index is 1160. The molecule has 0 radical (unpaired) electrons. The molecule has 2 N–H and O–H groups in total. The summed E-state index contributed by atoms with van der Waals surface area (Å²) >= 11 is 0. The number of nitrogens with one attached hydrogen (secondary N) is 1. The van der Waals surface area contributed by atoms with Crippen molar-refractivity contribution in [2.75, 3.05) is 26.2 Å². The van der Waals surface area contributed by atoms with Crippen molar-refractivity contribution in [3.63, 3.8) is 0 Å². The Morgan fingerprint density at radius 1 is 1.12 bits per heavy atom. The van der Waals surface area contributed by atoms with Crippen molar-refractivity contribution in [3.8, 4) is 17.1 Å². The van der Waals surface area contributed by atoms with E-state index in [1.54, 1.807) is 18.2 Å². The van der Waals surface area contributed by atoms with Crippen LogP contribution in [0.4, 0.5) is 5.69 Å². The zero-order valence-corrected chi connectivity index (χ0v) is 17.7. The van der Waals surface area contributed by atoms with Gasteiger partial charge in [-0.15, -0.1) is 0 Å². The fraction of sp³-hybridized carbons (Fsp3) is 0.391. The van der Waals surface area contributed by atoms with Crippen LogP contribution in [-0.2, 0) is 0 Å². The molecule has 0 aliphatic carbocycles. The Morgan fingerprint density at radius 2 is 1.88 bits per heavy atom. The van der Waals surface area contributed by atoms with Crippen molar-refractivity contribution in [2.24, 2.45) is 0 Å². The van der Waals surface area contributed by atoms with Gasteiger partial charge in [0.05, 0.1) is 21.7 Å². The van der Waals surface area contributed by atoms with Crippen LogP contribution < -0.4 is 0 Å². The summed E-state index contributed by atoms with van der Waals surface area (Å²) in [5.74, 6) is -0.154. The second kappa shape index (κ2) is 8.23. The third-order valence-electron chi connectivity index (χ3n) is 6.65. The molecule has 32 heavy (non-hydrogen) atoms. The van der Waals surface area contributed by atoms with E-state index in [0.29, 0.717) is 33.8 Å². The first kappa shape index (κ1) is 20.4. The molecule has 0 saturated carbocycles. The second-order valence-electron chi connectivity index (χ2n) is 8.53. The highest BCUT2D eigenvalue weighted by Crippen LogP contribution is 2.37. The van der Waals surface area contributed by atoms with Gasteiger partial charge < -0.3 is 19.9 Å². The first-order valence-electron chi connectivity index (χ1n) is 11.0. The number of hydrogen-bond acceptors (Lipinski definition) is 6. The van der Waals surface area contributed by atoms with Crippen LogP contribution in [0.15, 0.2) is 36.5 Å². The van der Waals surface area contributed by atoms with E-state index in [1.165, 1.54) is 44.3 Å². The van der Waals surface area contributed by atoms with Crippen molar-refractivity contribution < 1.29 is 14.8 Å². The number of aromatic amines is 1. The van der Waals surface area contributed by atoms with Crippen LogP contribution in [0.2, 0.25) is 0 Å². The van der Waals surface area contributed by atoms with Crippen LogP contribution in [0, 0.1) is 10.1 Å². The number of H-pyrrole nitrogens is 1. The summed E-state index contributed by atoms with van der Waals surface area (Å²) in [6.45, 7) is 3.84. The SMILES string of the molecule is O=C(c1ccc(-c2c(O)[nH]c3ccc([N+](=O)[O-])cc23)nc1)N1CCC(N2CCCC2)CC1. The first-order valence-corrected chi connectivity index (χ1v) is 11.0. The van der Waals surface area contributed by atoms with Gasteiger partial charge in [0.1, 0.15) is 0 Å². The van der Waals surface area contributed by atoms with Gasteiger partial charge in [0, 0.05) is 48.4 Å². The van der Waals surface area contributed by atoms with E-state index in [4.69, 9.17) is 0 Å². The van der Waals surface area contributed by atoms with Crippen molar-refractivity contribution in [1.82, 2.24) is 19.8 Å². The van der Waals surface area contributed by atoms with E-state index in [9.17, 15) is 20.0 Å². The summed E-state index contributed by atoms with van der Waals surface area (Å²) < 4.78 is 0. The molecule has 9 nitrogen and oxygen atoms in total. The molecular formula is C23H25N5O4. The second-order valence-corrected chi connectivity index (χ2v) is 8.53. The predicted molar refractivity (Wildman–Crippen MR) is 120 cm³/mol. The van der Waals surface area contributed by atoms with Crippen LogP contribution in [0.25, 0.3) is 22.2 Å². The minimum absolute atomic E-state index is 0.0392. The van der Waals surface area contributed by atoms with Crippen LogP contribution in [-0.4, -0.2) is 67.9 Å². The smallest absolute Gasteiger partial charge is 0.270 e. The number of nitrogens with zero attached hydrogens (tertiary/aromatic N) is 4. The molecule has 0 spiro atoms. The Morgan fingerprint density at radius 3 is 2.53 bits per heavy atom. The Labute approximate surface area is 184 Å². The molecular weight excluding hydrogens is 410 g/mol. The van der Waals surface area contributed by atoms with Crippen LogP contribution in [0.1, 0.15) is 36.0 Å². The van der Waals surface area contributed by atoms with E-state index in [-0.39, 0.29) is 17.5 Å². The lowest BCUT2D eigenvalue weighted by Crippen LogP contribution is -2.45. The van der Waals surface area contributed by atoms with Gasteiger partial charge in [-0.1, -0.05) is 0 Å². The minimum Gasteiger partial charge on any atom is -0.494 e. The Kier molecular flexibility index (Phi) is 5.26. The highest BCUT2D eigenvalue weighted by molar-refractivity contribution is 6.00. The van der Waals surface area contributed by atoms with E-state index in [0.717, 1.165) is 25.9 Å². The van der Waals surface area contributed by atoms with Gasteiger partial charge in [-0.3, -0.25) is 19.9 Å². The number of carbonyl (C=O) groups is 1. The number of likely N-dealkylation sites (tertiary alicyclic amines) is 2. The molecule has 166 valence electrons.